The zero-order valence-corrected chi connectivity index (χ0v) is 18.5. The molecule has 0 saturated carbocycles. The maximum Gasteiger partial charge on any atom is 0.251 e. The fourth-order valence-corrected chi connectivity index (χ4v) is 4.01. The predicted octanol–water partition coefficient (Wildman–Crippen LogP) is 4.80. The third-order valence-electron chi connectivity index (χ3n) is 5.81. The van der Waals surface area contributed by atoms with Crippen molar-refractivity contribution in [1.29, 1.82) is 0 Å². The van der Waals surface area contributed by atoms with Crippen LogP contribution in [0.3, 0.4) is 0 Å². The summed E-state index contributed by atoms with van der Waals surface area (Å²) in [6.45, 7) is 4.18. The Bertz CT molecular complexity index is 1030. The van der Waals surface area contributed by atoms with Gasteiger partial charge in [0.1, 0.15) is 6.61 Å². The molecule has 5 nitrogen and oxygen atoms in total. The summed E-state index contributed by atoms with van der Waals surface area (Å²) in [4.78, 5) is 15.3. The monoisotopic (exact) mass is 430 g/mol. The lowest BCUT2D eigenvalue weighted by Crippen LogP contribution is -2.25. The number of likely N-dealkylation sites (tertiary alicyclic amines) is 1. The van der Waals surface area contributed by atoms with Crippen molar-refractivity contribution in [2.24, 2.45) is 0 Å². The van der Waals surface area contributed by atoms with Crippen molar-refractivity contribution in [2.75, 3.05) is 20.2 Å². The van der Waals surface area contributed by atoms with Gasteiger partial charge in [-0.15, -0.1) is 0 Å². The van der Waals surface area contributed by atoms with Gasteiger partial charge in [0.2, 0.25) is 0 Å². The van der Waals surface area contributed by atoms with E-state index in [0.717, 1.165) is 30.8 Å². The molecule has 3 aromatic rings. The highest BCUT2D eigenvalue weighted by Gasteiger charge is 2.15. The molecule has 3 aromatic carbocycles. The van der Waals surface area contributed by atoms with Crippen LogP contribution in [0.1, 0.15) is 39.9 Å². The van der Waals surface area contributed by atoms with E-state index in [1.165, 1.54) is 18.4 Å². The van der Waals surface area contributed by atoms with Crippen molar-refractivity contribution in [1.82, 2.24) is 10.2 Å². The number of methoxy groups -OCH3 is 1. The van der Waals surface area contributed by atoms with Crippen LogP contribution in [0.15, 0.2) is 72.8 Å². The van der Waals surface area contributed by atoms with Crippen molar-refractivity contribution in [3.05, 3.63) is 95.1 Å². The number of nitrogens with zero attached hydrogens (tertiary/aromatic N) is 1. The molecule has 32 heavy (non-hydrogen) atoms. The number of ether oxygens (including phenoxy) is 2. The minimum atomic E-state index is -0.131. The Morgan fingerprint density at radius 1 is 0.906 bits per heavy atom. The molecule has 1 aliphatic rings. The van der Waals surface area contributed by atoms with E-state index in [4.69, 9.17) is 9.47 Å². The topological polar surface area (TPSA) is 50.8 Å². The number of benzene rings is 3. The molecular weight excluding hydrogens is 400 g/mol. The lowest BCUT2D eigenvalue weighted by atomic mass is 10.1. The van der Waals surface area contributed by atoms with Gasteiger partial charge in [-0.1, -0.05) is 54.6 Å². The summed E-state index contributed by atoms with van der Waals surface area (Å²) in [5.41, 5.74) is 4.05. The summed E-state index contributed by atoms with van der Waals surface area (Å²) in [7, 11) is 1.58. The molecule has 0 spiro atoms. The maximum atomic E-state index is 12.8. The summed E-state index contributed by atoms with van der Waals surface area (Å²) in [6, 6.07) is 23.6. The van der Waals surface area contributed by atoms with Crippen LogP contribution in [0.2, 0.25) is 0 Å². The number of carbonyl (C=O) groups excluding carboxylic acids is 1. The normalized spacial score (nSPS) is 13.7. The summed E-state index contributed by atoms with van der Waals surface area (Å²) < 4.78 is 11.4. The Balaban J connectivity index is 1.38. The minimum absolute atomic E-state index is 0.131. The number of carbonyl (C=O) groups is 1. The van der Waals surface area contributed by atoms with Crippen molar-refractivity contribution < 1.29 is 14.3 Å². The van der Waals surface area contributed by atoms with E-state index in [1.54, 1.807) is 25.3 Å². The van der Waals surface area contributed by atoms with E-state index in [2.05, 4.69) is 28.4 Å². The van der Waals surface area contributed by atoms with Gasteiger partial charge in [-0.05, 0) is 60.8 Å². The van der Waals surface area contributed by atoms with Gasteiger partial charge in [-0.25, -0.2) is 0 Å². The van der Waals surface area contributed by atoms with Crippen molar-refractivity contribution in [3.8, 4) is 11.5 Å². The second-order valence-electron chi connectivity index (χ2n) is 8.07. The molecule has 1 N–H and O–H groups in total. The van der Waals surface area contributed by atoms with E-state index in [1.807, 2.05) is 36.4 Å². The molecule has 1 amide bonds. The summed E-state index contributed by atoms with van der Waals surface area (Å²) in [5.74, 6) is 1.03. The quantitative estimate of drug-likeness (QED) is 0.530. The molecule has 0 radical (unpaired) electrons. The van der Waals surface area contributed by atoms with E-state index in [-0.39, 0.29) is 5.91 Å². The van der Waals surface area contributed by atoms with E-state index >= 15 is 0 Å². The fraction of sp³-hybridized carbons (Fsp3) is 0.296. The SMILES string of the molecule is COc1cc(C(=O)NCc2ccccc2CN2CCCC2)ccc1OCc1ccccc1. The van der Waals surface area contributed by atoms with Gasteiger partial charge in [0.05, 0.1) is 7.11 Å². The first kappa shape index (κ1) is 21.9. The Labute approximate surface area is 190 Å². The number of hydrogen-bond donors (Lipinski definition) is 1. The van der Waals surface area contributed by atoms with Crippen LogP contribution in [0.25, 0.3) is 0 Å². The van der Waals surface area contributed by atoms with Gasteiger partial charge in [0.25, 0.3) is 5.91 Å². The van der Waals surface area contributed by atoms with Crippen LogP contribution in [0, 0.1) is 0 Å². The Morgan fingerprint density at radius 2 is 1.62 bits per heavy atom. The summed E-state index contributed by atoms with van der Waals surface area (Å²) >= 11 is 0. The molecule has 0 bridgehead atoms. The fourth-order valence-electron chi connectivity index (χ4n) is 4.01. The molecule has 1 saturated heterocycles. The van der Waals surface area contributed by atoms with Gasteiger partial charge in [0.15, 0.2) is 11.5 Å². The lowest BCUT2D eigenvalue weighted by molar-refractivity contribution is 0.0950. The smallest absolute Gasteiger partial charge is 0.251 e. The molecule has 5 heteroatoms. The number of hydrogen-bond acceptors (Lipinski definition) is 4. The van der Waals surface area contributed by atoms with Crippen LogP contribution < -0.4 is 14.8 Å². The molecule has 1 aliphatic heterocycles. The van der Waals surface area contributed by atoms with Gasteiger partial charge >= 0.3 is 0 Å². The first-order valence-corrected chi connectivity index (χ1v) is 11.1. The predicted molar refractivity (Wildman–Crippen MR) is 126 cm³/mol. The molecule has 1 fully saturated rings. The van der Waals surface area contributed by atoms with Gasteiger partial charge in [-0.3, -0.25) is 9.69 Å². The first-order chi connectivity index (χ1) is 15.7. The van der Waals surface area contributed by atoms with Crippen LogP contribution in [0.5, 0.6) is 11.5 Å². The highest BCUT2D eigenvalue weighted by Crippen LogP contribution is 2.29. The number of amides is 1. The van der Waals surface area contributed by atoms with Crippen LogP contribution >= 0.6 is 0 Å². The maximum absolute atomic E-state index is 12.8. The highest BCUT2D eigenvalue weighted by molar-refractivity contribution is 5.94. The van der Waals surface area contributed by atoms with E-state index in [9.17, 15) is 4.79 Å². The summed E-state index contributed by atoms with van der Waals surface area (Å²) in [6.07, 6.45) is 2.54. The van der Waals surface area contributed by atoms with Crippen molar-refractivity contribution in [3.63, 3.8) is 0 Å². The molecule has 0 aliphatic carbocycles. The van der Waals surface area contributed by atoms with E-state index in [0.29, 0.717) is 30.2 Å². The van der Waals surface area contributed by atoms with Gasteiger partial charge < -0.3 is 14.8 Å². The molecule has 1 heterocycles. The third kappa shape index (κ3) is 5.68. The Hall–Kier alpha value is -3.31. The van der Waals surface area contributed by atoms with Crippen molar-refractivity contribution in [2.45, 2.75) is 32.5 Å². The minimum Gasteiger partial charge on any atom is -0.493 e. The average molecular weight is 431 g/mol. The first-order valence-electron chi connectivity index (χ1n) is 11.1. The molecule has 0 aromatic heterocycles. The zero-order chi connectivity index (χ0) is 22.2. The molecule has 166 valence electrons. The molecule has 4 rings (SSSR count). The summed E-state index contributed by atoms with van der Waals surface area (Å²) in [5, 5.41) is 3.06. The number of nitrogens with one attached hydrogen (secondary N) is 1. The third-order valence-corrected chi connectivity index (χ3v) is 5.81. The van der Waals surface area contributed by atoms with Gasteiger partial charge in [-0.2, -0.15) is 0 Å². The van der Waals surface area contributed by atoms with Crippen molar-refractivity contribution >= 4 is 5.91 Å². The van der Waals surface area contributed by atoms with Gasteiger partial charge in [0, 0.05) is 18.7 Å². The van der Waals surface area contributed by atoms with Crippen LogP contribution in [0.4, 0.5) is 0 Å². The molecular formula is C27H30N2O3. The average Bonchev–Trinajstić information content (AvgIpc) is 3.35. The number of rotatable bonds is 9. The van der Waals surface area contributed by atoms with E-state index < -0.39 is 0 Å². The second kappa shape index (κ2) is 10.8. The lowest BCUT2D eigenvalue weighted by Gasteiger charge is -2.18. The standard InChI is InChI=1S/C27H30N2O3/c1-31-26-17-22(13-14-25(26)32-20-21-9-3-2-4-10-21)27(30)28-18-23-11-5-6-12-24(23)19-29-15-7-8-16-29/h2-6,9-14,17H,7-8,15-16,18-20H2,1H3,(H,28,30). The highest BCUT2D eigenvalue weighted by atomic mass is 16.5. The Morgan fingerprint density at radius 3 is 2.38 bits per heavy atom. The zero-order valence-electron chi connectivity index (χ0n) is 18.5. The van der Waals surface area contributed by atoms with Crippen LogP contribution in [-0.2, 0) is 19.7 Å². The molecule has 0 unspecified atom stereocenters. The molecule has 0 atom stereocenters. The Kier molecular flexibility index (Phi) is 7.41. The van der Waals surface area contributed by atoms with Crippen LogP contribution in [-0.4, -0.2) is 31.0 Å². The second-order valence-corrected chi connectivity index (χ2v) is 8.07. The largest absolute Gasteiger partial charge is 0.493 e.